The number of benzene rings is 1. The Morgan fingerprint density at radius 1 is 1.50 bits per heavy atom. The van der Waals surface area contributed by atoms with E-state index in [-0.39, 0.29) is 0 Å². The summed E-state index contributed by atoms with van der Waals surface area (Å²) in [4.78, 5) is 0. The molecule has 0 aliphatic heterocycles. The number of nitrogens with zero attached hydrogens (tertiary/aromatic N) is 1. The van der Waals surface area contributed by atoms with E-state index in [0.29, 0.717) is 0 Å². The van der Waals surface area contributed by atoms with Crippen LogP contribution in [0, 0.1) is 18.3 Å². The van der Waals surface area contributed by atoms with Crippen LogP contribution in [0.4, 0.5) is 0 Å². The van der Waals surface area contributed by atoms with Crippen molar-refractivity contribution in [3.05, 3.63) is 34.9 Å². The zero-order valence-corrected chi connectivity index (χ0v) is 8.56. The SMILES string of the molecule is Cc1cccc(C#N)c1CCBr. The number of hydrogen-bond donors (Lipinski definition) is 0. The van der Waals surface area contributed by atoms with Crippen LogP contribution in [0.3, 0.4) is 0 Å². The van der Waals surface area contributed by atoms with E-state index in [2.05, 4.69) is 22.0 Å². The fourth-order valence-electron chi connectivity index (χ4n) is 1.23. The Bertz CT molecular complexity index is 312. The van der Waals surface area contributed by atoms with Crippen LogP contribution >= 0.6 is 15.9 Å². The molecule has 1 aromatic carbocycles. The van der Waals surface area contributed by atoms with Gasteiger partial charge in [-0.2, -0.15) is 5.26 Å². The van der Waals surface area contributed by atoms with Crippen LogP contribution in [0.25, 0.3) is 0 Å². The highest BCUT2D eigenvalue weighted by molar-refractivity contribution is 9.09. The minimum absolute atomic E-state index is 0.800. The summed E-state index contributed by atoms with van der Waals surface area (Å²) in [5, 5.41) is 9.71. The molecule has 0 N–H and O–H groups in total. The largest absolute Gasteiger partial charge is 0.192 e. The molecule has 0 saturated heterocycles. The zero-order chi connectivity index (χ0) is 8.97. The third kappa shape index (κ3) is 1.86. The van der Waals surface area contributed by atoms with E-state index >= 15 is 0 Å². The van der Waals surface area contributed by atoms with E-state index in [4.69, 9.17) is 5.26 Å². The van der Waals surface area contributed by atoms with Gasteiger partial charge in [-0.3, -0.25) is 0 Å². The molecule has 62 valence electrons. The lowest BCUT2D eigenvalue weighted by Crippen LogP contribution is -1.94. The molecule has 0 radical (unpaired) electrons. The zero-order valence-electron chi connectivity index (χ0n) is 6.97. The molecule has 1 aromatic rings. The lowest BCUT2D eigenvalue weighted by molar-refractivity contribution is 1.12. The third-order valence-corrected chi connectivity index (χ3v) is 2.27. The van der Waals surface area contributed by atoms with Crippen LogP contribution < -0.4 is 0 Å². The van der Waals surface area contributed by atoms with Crippen molar-refractivity contribution in [1.82, 2.24) is 0 Å². The van der Waals surface area contributed by atoms with E-state index in [9.17, 15) is 0 Å². The first-order valence-electron chi connectivity index (χ1n) is 3.84. The molecule has 2 heteroatoms. The summed E-state index contributed by atoms with van der Waals surface area (Å²) in [6.45, 7) is 2.04. The summed E-state index contributed by atoms with van der Waals surface area (Å²) in [6.07, 6.45) is 0.926. The monoisotopic (exact) mass is 223 g/mol. The molecule has 0 aliphatic rings. The number of aryl methyl sites for hydroxylation is 1. The van der Waals surface area contributed by atoms with Crippen molar-refractivity contribution in [3.63, 3.8) is 0 Å². The smallest absolute Gasteiger partial charge is 0.0994 e. The maximum atomic E-state index is 8.80. The van der Waals surface area contributed by atoms with Crippen molar-refractivity contribution in [2.45, 2.75) is 13.3 Å². The Balaban J connectivity index is 3.13. The van der Waals surface area contributed by atoms with Gasteiger partial charge in [0.25, 0.3) is 0 Å². The van der Waals surface area contributed by atoms with Crippen molar-refractivity contribution in [1.29, 1.82) is 5.26 Å². The van der Waals surface area contributed by atoms with E-state index in [1.807, 2.05) is 25.1 Å². The molecule has 0 unspecified atom stereocenters. The van der Waals surface area contributed by atoms with Gasteiger partial charge in [-0.05, 0) is 30.5 Å². The average molecular weight is 224 g/mol. The van der Waals surface area contributed by atoms with Gasteiger partial charge in [0.2, 0.25) is 0 Å². The van der Waals surface area contributed by atoms with E-state index in [0.717, 1.165) is 22.9 Å². The van der Waals surface area contributed by atoms with Gasteiger partial charge in [-0.1, -0.05) is 28.1 Å². The van der Waals surface area contributed by atoms with Crippen LogP contribution in [0.2, 0.25) is 0 Å². The van der Waals surface area contributed by atoms with E-state index in [1.165, 1.54) is 5.56 Å². The summed E-state index contributed by atoms with van der Waals surface area (Å²) >= 11 is 3.37. The standard InChI is InChI=1S/C10H10BrN/c1-8-3-2-4-9(7-12)10(8)5-6-11/h2-4H,5-6H2,1H3. The molecule has 1 nitrogen and oxygen atoms in total. The van der Waals surface area contributed by atoms with Gasteiger partial charge in [-0.25, -0.2) is 0 Å². The quantitative estimate of drug-likeness (QED) is 0.708. The van der Waals surface area contributed by atoms with Crippen LogP contribution in [-0.4, -0.2) is 5.33 Å². The first kappa shape index (κ1) is 9.28. The Morgan fingerprint density at radius 3 is 2.83 bits per heavy atom. The van der Waals surface area contributed by atoms with Crippen molar-refractivity contribution in [2.75, 3.05) is 5.33 Å². The van der Waals surface area contributed by atoms with Gasteiger partial charge < -0.3 is 0 Å². The van der Waals surface area contributed by atoms with Gasteiger partial charge in [0, 0.05) is 5.33 Å². The van der Waals surface area contributed by atoms with Gasteiger partial charge in [0.15, 0.2) is 0 Å². The minimum Gasteiger partial charge on any atom is -0.192 e. The third-order valence-electron chi connectivity index (χ3n) is 1.88. The molecule has 0 saturated carbocycles. The van der Waals surface area contributed by atoms with Crippen molar-refractivity contribution in [2.24, 2.45) is 0 Å². The molecule has 0 heterocycles. The molecule has 0 aliphatic carbocycles. The number of rotatable bonds is 2. The number of nitriles is 1. The van der Waals surface area contributed by atoms with Crippen LogP contribution in [0.15, 0.2) is 18.2 Å². The van der Waals surface area contributed by atoms with Gasteiger partial charge in [0.1, 0.15) is 0 Å². The summed E-state index contributed by atoms with van der Waals surface area (Å²) in [5.41, 5.74) is 3.17. The van der Waals surface area contributed by atoms with E-state index in [1.54, 1.807) is 0 Å². The lowest BCUT2D eigenvalue weighted by Gasteiger charge is -2.04. The Hall–Kier alpha value is -0.810. The van der Waals surface area contributed by atoms with Crippen molar-refractivity contribution >= 4 is 15.9 Å². The highest BCUT2D eigenvalue weighted by Crippen LogP contribution is 2.14. The average Bonchev–Trinajstić information content (AvgIpc) is 2.09. The highest BCUT2D eigenvalue weighted by Gasteiger charge is 2.02. The van der Waals surface area contributed by atoms with Crippen LogP contribution in [0.5, 0.6) is 0 Å². The Labute approximate surface area is 81.2 Å². The predicted octanol–water partition coefficient (Wildman–Crippen LogP) is 2.80. The summed E-state index contributed by atoms with van der Waals surface area (Å²) in [7, 11) is 0. The molecule has 12 heavy (non-hydrogen) atoms. The van der Waals surface area contributed by atoms with Gasteiger partial charge in [-0.15, -0.1) is 0 Å². The topological polar surface area (TPSA) is 23.8 Å². The molecule has 0 amide bonds. The molecule has 1 rings (SSSR count). The second-order valence-electron chi connectivity index (χ2n) is 2.65. The first-order chi connectivity index (χ1) is 5.79. The molecule has 0 atom stereocenters. The first-order valence-corrected chi connectivity index (χ1v) is 4.96. The molecular weight excluding hydrogens is 214 g/mol. The second-order valence-corrected chi connectivity index (χ2v) is 3.44. The molecule has 0 spiro atoms. The molecule has 0 aromatic heterocycles. The highest BCUT2D eigenvalue weighted by atomic mass is 79.9. The maximum absolute atomic E-state index is 8.80. The Morgan fingerprint density at radius 2 is 2.25 bits per heavy atom. The number of hydrogen-bond acceptors (Lipinski definition) is 1. The van der Waals surface area contributed by atoms with Gasteiger partial charge in [0.05, 0.1) is 11.6 Å². The maximum Gasteiger partial charge on any atom is 0.0994 e. The molecule has 0 fully saturated rings. The summed E-state index contributed by atoms with van der Waals surface area (Å²) in [6, 6.07) is 8.03. The van der Waals surface area contributed by atoms with Crippen molar-refractivity contribution < 1.29 is 0 Å². The van der Waals surface area contributed by atoms with Gasteiger partial charge >= 0.3 is 0 Å². The predicted molar refractivity (Wildman–Crippen MR) is 53.4 cm³/mol. The number of alkyl halides is 1. The fourth-order valence-corrected chi connectivity index (χ4v) is 1.63. The summed E-state index contributed by atoms with van der Waals surface area (Å²) in [5.74, 6) is 0. The van der Waals surface area contributed by atoms with Crippen LogP contribution in [-0.2, 0) is 6.42 Å². The number of halogens is 1. The normalized spacial score (nSPS) is 9.42. The minimum atomic E-state index is 0.800. The van der Waals surface area contributed by atoms with Crippen LogP contribution in [0.1, 0.15) is 16.7 Å². The molecule has 0 bridgehead atoms. The Kier molecular flexibility index (Phi) is 3.31. The van der Waals surface area contributed by atoms with E-state index < -0.39 is 0 Å². The summed E-state index contributed by atoms with van der Waals surface area (Å²) < 4.78 is 0. The molecular formula is C10H10BrN. The van der Waals surface area contributed by atoms with Crippen molar-refractivity contribution in [3.8, 4) is 6.07 Å². The lowest BCUT2D eigenvalue weighted by atomic mass is 10.0. The fraction of sp³-hybridized carbons (Fsp3) is 0.300. The second kappa shape index (κ2) is 4.27.